The van der Waals surface area contributed by atoms with E-state index < -0.39 is 5.54 Å². The first kappa shape index (κ1) is 11.4. The van der Waals surface area contributed by atoms with E-state index in [1.807, 2.05) is 38.3 Å². The Morgan fingerprint density at radius 2 is 2.29 bits per heavy atom. The summed E-state index contributed by atoms with van der Waals surface area (Å²) in [6.45, 7) is 6.71. The zero-order chi connectivity index (χ0) is 10.6. The van der Waals surface area contributed by atoms with Crippen LogP contribution in [0.4, 0.5) is 0 Å². The minimum Gasteiger partial charge on any atom is -0.306 e. The molecule has 1 aromatic rings. The molecule has 1 rings (SSSR count). The quantitative estimate of drug-likeness (QED) is 0.809. The minimum atomic E-state index is -0.404. The van der Waals surface area contributed by atoms with Gasteiger partial charge in [0.15, 0.2) is 5.78 Å². The number of Topliss-reactive ketones (excluding diaryl/α,β-unsaturated/α-hetero) is 1. The number of ketones is 1. The molecule has 0 aromatic carbocycles. The maximum atomic E-state index is 11.9. The van der Waals surface area contributed by atoms with E-state index in [0.29, 0.717) is 6.42 Å². The van der Waals surface area contributed by atoms with Crippen LogP contribution in [0.25, 0.3) is 0 Å². The average molecular weight is 211 g/mol. The highest BCUT2D eigenvalue weighted by molar-refractivity contribution is 7.10. The van der Waals surface area contributed by atoms with E-state index in [-0.39, 0.29) is 5.78 Å². The van der Waals surface area contributed by atoms with Crippen molar-refractivity contribution in [1.29, 1.82) is 0 Å². The van der Waals surface area contributed by atoms with Gasteiger partial charge in [0.1, 0.15) is 0 Å². The van der Waals surface area contributed by atoms with Crippen molar-refractivity contribution >= 4 is 17.1 Å². The highest BCUT2D eigenvalue weighted by atomic mass is 32.1. The lowest BCUT2D eigenvalue weighted by Crippen LogP contribution is -2.47. The van der Waals surface area contributed by atoms with Gasteiger partial charge in [0.2, 0.25) is 0 Å². The van der Waals surface area contributed by atoms with Crippen LogP contribution < -0.4 is 5.32 Å². The summed E-state index contributed by atoms with van der Waals surface area (Å²) in [7, 11) is 0. The molecule has 0 atom stereocenters. The first-order valence-electron chi connectivity index (χ1n) is 4.87. The van der Waals surface area contributed by atoms with Crippen LogP contribution in [0, 0.1) is 0 Å². The Labute approximate surface area is 89.3 Å². The molecule has 14 heavy (non-hydrogen) atoms. The average Bonchev–Trinajstić information content (AvgIpc) is 2.56. The molecule has 78 valence electrons. The molecule has 3 heteroatoms. The molecule has 0 unspecified atom stereocenters. The van der Waals surface area contributed by atoms with Gasteiger partial charge in [-0.1, -0.05) is 13.0 Å². The predicted octanol–water partition coefficient (Wildman–Crippen LogP) is 2.25. The van der Waals surface area contributed by atoms with Gasteiger partial charge >= 0.3 is 0 Å². The van der Waals surface area contributed by atoms with Crippen molar-refractivity contribution in [2.24, 2.45) is 0 Å². The van der Waals surface area contributed by atoms with Crippen LogP contribution in [0.1, 0.15) is 25.6 Å². The Morgan fingerprint density at radius 3 is 2.79 bits per heavy atom. The van der Waals surface area contributed by atoms with Gasteiger partial charge in [0.25, 0.3) is 0 Å². The van der Waals surface area contributed by atoms with Crippen LogP contribution in [0.2, 0.25) is 0 Å². The Morgan fingerprint density at radius 1 is 1.57 bits per heavy atom. The number of nitrogens with one attached hydrogen (secondary N) is 1. The Kier molecular flexibility index (Phi) is 3.84. The second-order valence-electron chi connectivity index (χ2n) is 3.83. The molecule has 0 amide bonds. The van der Waals surface area contributed by atoms with Crippen molar-refractivity contribution in [1.82, 2.24) is 5.32 Å². The van der Waals surface area contributed by atoms with Gasteiger partial charge in [-0.2, -0.15) is 0 Å². The third-order valence-corrected chi connectivity index (χ3v) is 3.11. The first-order valence-corrected chi connectivity index (χ1v) is 5.75. The molecule has 0 aliphatic rings. The largest absolute Gasteiger partial charge is 0.306 e. The molecule has 0 saturated heterocycles. The van der Waals surface area contributed by atoms with Crippen LogP contribution in [-0.4, -0.2) is 17.9 Å². The summed E-state index contributed by atoms with van der Waals surface area (Å²) in [6.07, 6.45) is 0.539. The number of hydrogen-bond acceptors (Lipinski definition) is 3. The van der Waals surface area contributed by atoms with E-state index in [9.17, 15) is 4.79 Å². The number of hydrogen-bond donors (Lipinski definition) is 1. The fraction of sp³-hybridized carbons (Fsp3) is 0.545. The standard InChI is InChI=1S/C11H17NOS/c1-4-12-11(2,3)10(13)8-9-6-5-7-14-9/h5-7,12H,4,8H2,1-3H3. The molecule has 1 aromatic heterocycles. The fourth-order valence-corrected chi connectivity index (χ4v) is 2.04. The number of rotatable bonds is 5. The smallest absolute Gasteiger partial charge is 0.157 e. The van der Waals surface area contributed by atoms with Crippen molar-refractivity contribution in [3.8, 4) is 0 Å². The van der Waals surface area contributed by atoms with E-state index in [1.54, 1.807) is 11.3 Å². The third-order valence-electron chi connectivity index (χ3n) is 2.23. The summed E-state index contributed by atoms with van der Waals surface area (Å²) < 4.78 is 0. The van der Waals surface area contributed by atoms with E-state index >= 15 is 0 Å². The van der Waals surface area contributed by atoms with E-state index in [1.165, 1.54) is 0 Å². The second-order valence-corrected chi connectivity index (χ2v) is 4.87. The molecule has 0 spiro atoms. The lowest BCUT2D eigenvalue weighted by atomic mass is 9.96. The molecule has 1 N–H and O–H groups in total. The maximum absolute atomic E-state index is 11.9. The minimum absolute atomic E-state index is 0.252. The number of carbonyl (C=O) groups excluding carboxylic acids is 1. The van der Waals surface area contributed by atoms with Gasteiger partial charge in [0.05, 0.1) is 5.54 Å². The molecule has 0 bridgehead atoms. The van der Waals surface area contributed by atoms with Crippen molar-refractivity contribution in [3.05, 3.63) is 22.4 Å². The van der Waals surface area contributed by atoms with Gasteiger partial charge in [-0.3, -0.25) is 4.79 Å². The van der Waals surface area contributed by atoms with Crippen LogP contribution >= 0.6 is 11.3 Å². The normalized spacial score (nSPS) is 11.6. The number of carbonyl (C=O) groups is 1. The summed E-state index contributed by atoms with van der Waals surface area (Å²) in [5.41, 5.74) is -0.404. The molecule has 0 radical (unpaired) electrons. The summed E-state index contributed by atoms with van der Waals surface area (Å²) in [6, 6.07) is 3.98. The first-order chi connectivity index (χ1) is 6.56. The molecule has 0 fully saturated rings. The molecule has 1 heterocycles. The van der Waals surface area contributed by atoms with Crippen molar-refractivity contribution in [3.63, 3.8) is 0 Å². The van der Waals surface area contributed by atoms with E-state index in [4.69, 9.17) is 0 Å². The Balaban J connectivity index is 2.57. The van der Waals surface area contributed by atoms with Crippen LogP contribution in [0.3, 0.4) is 0 Å². The second kappa shape index (κ2) is 4.71. The summed E-state index contributed by atoms with van der Waals surface area (Å²) >= 11 is 1.64. The molecular formula is C11H17NOS. The SMILES string of the molecule is CCNC(C)(C)C(=O)Cc1cccs1. The highest BCUT2D eigenvalue weighted by Gasteiger charge is 2.25. The molecule has 0 saturated carbocycles. The predicted molar refractivity (Wildman–Crippen MR) is 60.8 cm³/mol. The topological polar surface area (TPSA) is 29.1 Å². The van der Waals surface area contributed by atoms with Gasteiger partial charge in [-0.25, -0.2) is 0 Å². The number of likely N-dealkylation sites (N-methyl/N-ethyl adjacent to an activating group) is 1. The summed E-state index contributed by atoms with van der Waals surface area (Å²) in [5.74, 6) is 0.252. The zero-order valence-corrected chi connectivity index (χ0v) is 9.78. The van der Waals surface area contributed by atoms with Crippen LogP contribution in [-0.2, 0) is 11.2 Å². The van der Waals surface area contributed by atoms with Crippen LogP contribution in [0.5, 0.6) is 0 Å². The van der Waals surface area contributed by atoms with Crippen molar-refractivity contribution in [2.75, 3.05) is 6.54 Å². The van der Waals surface area contributed by atoms with Gasteiger partial charge in [0, 0.05) is 11.3 Å². The monoisotopic (exact) mass is 211 g/mol. The lowest BCUT2D eigenvalue weighted by Gasteiger charge is -2.23. The van der Waals surface area contributed by atoms with Gasteiger partial charge < -0.3 is 5.32 Å². The highest BCUT2D eigenvalue weighted by Crippen LogP contribution is 2.14. The Hall–Kier alpha value is -0.670. The van der Waals surface area contributed by atoms with E-state index in [2.05, 4.69) is 5.32 Å². The fourth-order valence-electron chi connectivity index (χ4n) is 1.33. The molecule has 0 aliphatic carbocycles. The van der Waals surface area contributed by atoms with E-state index in [0.717, 1.165) is 11.4 Å². The number of thiophene rings is 1. The molecule has 0 aliphatic heterocycles. The third kappa shape index (κ3) is 2.93. The Bertz CT molecular complexity index is 290. The summed E-state index contributed by atoms with van der Waals surface area (Å²) in [5, 5.41) is 5.19. The summed E-state index contributed by atoms with van der Waals surface area (Å²) in [4.78, 5) is 13.0. The molecular weight excluding hydrogens is 194 g/mol. The lowest BCUT2D eigenvalue weighted by molar-refractivity contribution is -0.123. The maximum Gasteiger partial charge on any atom is 0.157 e. The van der Waals surface area contributed by atoms with Crippen molar-refractivity contribution < 1.29 is 4.79 Å². The molecule has 2 nitrogen and oxygen atoms in total. The zero-order valence-electron chi connectivity index (χ0n) is 8.96. The van der Waals surface area contributed by atoms with Crippen molar-refractivity contribution in [2.45, 2.75) is 32.7 Å². The van der Waals surface area contributed by atoms with Crippen LogP contribution in [0.15, 0.2) is 17.5 Å². The van der Waals surface area contributed by atoms with Gasteiger partial charge in [-0.15, -0.1) is 11.3 Å². The van der Waals surface area contributed by atoms with Gasteiger partial charge in [-0.05, 0) is 31.8 Å².